The standard InChI is InChI=1S/C26H44O3/c1-3-5-6-7-8-9-10-11-12-13-14-15-19-22-26(25(27)23-28-4-2)29-24-20-17-16-18-21-24/h4,16-18,20-21,25-27H,2-3,5-15,19,22-23H2,1H3. The zero-order valence-electron chi connectivity index (χ0n) is 18.7. The Labute approximate surface area is 179 Å². The maximum absolute atomic E-state index is 10.4. The molecule has 0 spiro atoms. The summed E-state index contributed by atoms with van der Waals surface area (Å²) in [6.07, 6.45) is 18.7. The van der Waals surface area contributed by atoms with E-state index in [1.165, 1.54) is 83.3 Å². The van der Waals surface area contributed by atoms with Gasteiger partial charge in [0.2, 0.25) is 0 Å². The number of hydrogen-bond donors (Lipinski definition) is 1. The summed E-state index contributed by atoms with van der Waals surface area (Å²) in [5.41, 5.74) is 0. The minimum atomic E-state index is -0.648. The first-order valence-corrected chi connectivity index (χ1v) is 11.9. The fourth-order valence-electron chi connectivity index (χ4n) is 3.64. The number of para-hydroxylation sites is 1. The molecule has 0 heterocycles. The Hall–Kier alpha value is -1.48. The quantitative estimate of drug-likeness (QED) is 0.181. The van der Waals surface area contributed by atoms with Gasteiger partial charge in [0.25, 0.3) is 0 Å². The minimum absolute atomic E-state index is 0.222. The Balaban J connectivity index is 2.10. The van der Waals surface area contributed by atoms with Crippen LogP contribution < -0.4 is 4.74 Å². The molecule has 0 bridgehead atoms. The molecule has 0 aliphatic rings. The summed E-state index contributed by atoms with van der Waals surface area (Å²) in [6, 6.07) is 9.72. The lowest BCUT2D eigenvalue weighted by Crippen LogP contribution is -2.35. The first-order chi connectivity index (χ1) is 14.3. The van der Waals surface area contributed by atoms with E-state index in [0.29, 0.717) is 0 Å². The smallest absolute Gasteiger partial charge is 0.128 e. The summed E-state index contributed by atoms with van der Waals surface area (Å²) in [4.78, 5) is 0. The third-order valence-electron chi connectivity index (χ3n) is 5.44. The summed E-state index contributed by atoms with van der Waals surface area (Å²) in [5, 5.41) is 10.4. The van der Waals surface area contributed by atoms with Crippen LogP contribution in [0.4, 0.5) is 0 Å². The van der Waals surface area contributed by atoms with Crippen LogP contribution in [0.5, 0.6) is 5.75 Å². The molecule has 1 aromatic rings. The number of rotatable bonds is 20. The van der Waals surface area contributed by atoms with Crippen LogP contribution in [0.2, 0.25) is 0 Å². The van der Waals surface area contributed by atoms with E-state index < -0.39 is 6.10 Å². The van der Waals surface area contributed by atoms with Crippen molar-refractivity contribution in [2.45, 2.75) is 109 Å². The molecule has 3 heteroatoms. The molecular weight excluding hydrogens is 360 g/mol. The lowest BCUT2D eigenvalue weighted by molar-refractivity contribution is -0.00925. The average molecular weight is 405 g/mol. The van der Waals surface area contributed by atoms with E-state index in [-0.39, 0.29) is 12.7 Å². The number of benzene rings is 1. The molecule has 0 fully saturated rings. The van der Waals surface area contributed by atoms with Gasteiger partial charge in [-0.05, 0) is 25.0 Å². The second-order valence-corrected chi connectivity index (χ2v) is 8.07. The van der Waals surface area contributed by atoms with Gasteiger partial charge in [-0.2, -0.15) is 0 Å². The molecule has 29 heavy (non-hydrogen) atoms. The van der Waals surface area contributed by atoms with Crippen molar-refractivity contribution in [1.29, 1.82) is 0 Å². The monoisotopic (exact) mass is 404 g/mol. The predicted molar refractivity (Wildman–Crippen MR) is 123 cm³/mol. The topological polar surface area (TPSA) is 38.7 Å². The Kier molecular flexibility index (Phi) is 16.3. The number of hydrogen-bond acceptors (Lipinski definition) is 3. The summed E-state index contributed by atoms with van der Waals surface area (Å²) in [6.45, 7) is 6.04. The Bertz CT molecular complexity index is 474. The molecular formula is C26H44O3. The highest BCUT2D eigenvalue weighted by atomic mass is 16.5. The van der Waals surface area contributed by atoms with Gasteiger partial charge in [0.15, 0.2) is 0 Å². The number of aliphatic hydroxyl groups excluding tert-OH is 1. The van der Waals surface area contributed by atoms with Gasteiger partial charge in [-0.1, -0.05) is 109 Å². The number of ether oxygens (including phenoxy) is 2. The highest BCUT2D eigenvalue weighted by Gasteiger charge is 2.21. The van der Waals surface area contributed by atoms with Crippen LogP contribution in [0.3, 0.4) is 0 Å². The largest absolute Gasteiger partial charge is 0.499 e. The van der Waals surface area contributed by atoms with Gasteiger partial charge in [0, 0.05) is 0 Å². The van der Waals surface area contributed by atoms with Crippen molar-refractivity contribution in [1.82, 2.24) is 0 Å². The number of aliphatic hydroxyl groups is 1. The van der Waals surface area contributed by atoms with E-state index in [1.807, 2.05) is 30.3 Å². The highest BCUT2D eigenvalue weighted by molar-refractivity contribution is 5.21. The summed E-state index contributed by atoms with van der Waals surface area (Å²) in [7, 11) is 0. The molecule has 166 valence electrons. The molecule has 0 saturated carbocycles. The summed E-state index contributed by atoms with van der Waals surface area (Å²) >= 11 is 0. The van der Waals surface area contributed by atoms with Crippen molar-refractivity contribution in [3.05, 3.63) is 43.2 Å². The van der Waals surface area contributed by atoms with Gasteiger partial charge < -0.3 is 14.6 Å². The van der Waals surface area contributed by atoms with Gasteiger partial charge in [0.1, 0.15) is 24.6 Å². The van der Waals surface area contributed by atoms with Gasteiger partial charge in [0.05, 0.1) is 6.26 Å². The van der Waals surface area contributed by atoms with E-state index in [0.717, 1.165) is 18.6 Å². The molecule has 0 aromatic heterocycles. The second-order valence-electron chi connectivity index (χ2n) is 8.07. The van der Waals surface area contributed by atoms with Crippen LogP contribution in [0.25, 0.3) is 0 Å². The molecule has 0 aliphatic heterocycles. The maximum Gasteiger partial charge on any atom is 0.128 e. The zero-order valence-corrected chi connectivity index (χ0v) is 18.7. The maximum atomic E-state index is 10.4. The van der Waals surface area contributed by atoms with E-state index in [1.54, 1.807) is 0 Å². The lowest BCUT2D eigenvalue weighted by Gasteiger charge is -2.24. The van der Waals surface area contributed by atoms with E-state index in [2.05, 4.69) is 13.5 Å². The molecule has 3 nitrogen and oxygen atoms in total. The van der Waals surface area contributed by atoms with Crippen molar-refractivity contribution in [3.8, 4) is 5.75 Å². The highest BCUT2D eigenvalue weighted by Crippen LogP contribution is 2.19. The van der Waals surface area contributed by atoms with Gasteiger partial charge in [-0.25, -0.2) is 0 Å². The lowest BCUT2D eigenvalue weighted by atomic mass is 10.0. The predicted octanol–water partition coefficient (Wildman–Crippen LogP) is 7.44. The number of unbranched alkanes of at least 4 members (excludes halogenated alkanes) is 12. The van der Waals surface area contributed by atoms with Crippen LogP contribution in [0.1, 0.15) is 96.8 Å². The fourth-order valence-corrected chi connectivity index (χ4v) is 3.64. The average Bonchev–Trinajstić information content (AvgIpc) is 2.75. The normalized spacial score (nSPS) is 13.0. The molecule has 2 unspecified atom stereocenters. The summed E-state index contributed by atoms with van der Waals surface area (Å²) < 4.78 is 11.2. The molecule has 1 aromatic carbocycles. The van der Waals surface area contributed by atoms with Crippen LogP contribution in [-0.4, -0.2) is 23.9 Å². The fraction of sp³-hybridized carbons (Fsp3) is 0.692. The van der Waals surface area contributed by atoms with Gasteiger partial charge in [-0.3, -0.25) is 0 Å². The van der Waals surface area contributed by atoms with Crippen molar-refractivity contribution in [2.75, 3.05) is 6.61 Å². The van der Waals surface area contributed by atoms with Gasteiger partial charge >= 0.3 is 0 Å². The van der Waals surface area contributed by atoms with Crippen LogP contribution in [0.15, 0.2) is 43.2 Å². The Morgan fingerprint density at radius 3 is 1.86 bits per heavy atom. The molecule has 0 radical (unpaired) electrons. The SMILES string of the molecule is C=COCC(O)C(CCCCCCCCCCCCCCC)Oc1ccccc1. The second kappa shape index (κ2) is 18.5. The van der Waals surface area contributed by atoms with Crippen LogP contribution in [0, 0.1) is 0 Å². The van der Waals surface area contributed by atoms with E-state index >= 15 is 0 Å². The van der Waals surface area contributed by atoms with Crippen LogP contribution >= 0.6 is 0 Å². The van der Waals surface area contributed by atoms with Crippen molar-refractivity contribution >= 4 is 0 Å². The van der Waals surface area contributed by atoms with Gasteiger partial charge in [-0.15, -0.1) is 0 Å². The Morgan fingerprint density at radius 2 is 1.34 bits per heavy atom. The molecule has 1 rings (SSSR count). The summed E-state index contributed by atoms with van der Waals surface area (Å²) in [5.74, 6) is 0.796. The Morgan fingerprint density at radius 1 is 0.828 bits per heavy atom. The molecule has 0 amide bonds. The third-order valence-corrected chi connectivity index (χ3v) is 5.44. The first kappa shape index (κ1) is 25.6. The molecule has 1 N–H and O–H groups in total. The van der Waals surface area contributed by atoms with Crippen molar-refractivity contribution in [2.24, 2.45) is 0 Å². The third kappa shape index (κ3) is 14.2. The van der Waals surface area contributed by atoms with Crippen molar-refractivity contribution < 1.29 is 14.6 Å². The zero-order chi connectivity index (χ0) is 21.0. The van der Waals surface area contributed by atoms with E-state index in [9.17, 15) is 5.11 Å². The van der Waals surface area contributed by atoms with E-state index in [4.69, 9.17) is 9.47 Å². The van der Waals surface area contributed by atoms with Crippen molar-refractivity contribution in [3.63, 3.8) is 0 Å². The van der Waals surface area contributed by atoms with Crippen LogP contribution in [-0.2, 0) is 4.74 Å². The molecule has 0 aliphatic carbocycles. The molecule has 0 saturated heterocycles. The molecule has 2 atom stereocenters. The first-order valence-electron chi connectivity index (χ1n) is 11.9. The minimum Gasteiger partial charge on any atom is -0.499 e.